The predicted molar refractivity (Wildman–Crippen MR) is 143 cm³/mol. The third-order valence-electron chi connectivity index (χ3n) is 6.98. The molecule has 3 N–H and O–H groups in total. The molecule has 0 spiro atoms. The number of ether oxygens (including phenoxy) is 2. The van der Waals surface area contributed by atoms with E-state index in [2.05, 4.69) is 11.4 Å². The van der Waals surface area contributed by atoms with E-state index in [9.17, 15) is 9.59 Å². The Hall–Kier alpha value is -4.06. The number of nitrogens with two attached hydrogens (primary N) is 1. The fourth-order valence-corrected chi connectivity index (χ4v) is 5.01. The van der Waals surface area contributed by atoms with E-state index in [-0.39, 0.29) is 37.2 Å². The minimum atomic E-state index is -0.302. The number of benzene rings is 3. The Morgan fingerprint density at radius 2 is 1.68 bits per heavy atom. The molecule has 3 aromatic rings. The van der Waals surface area contributed by atoms with Crippen LogP contribution in [-0.4, -0.2) is 35.6 Å². The summed E-state index contributed by atoms with van der Waals surface area (Å²) < 4.78 is 10.7. The van der Waals surface area contributed by atoms with Crippen molar-refractivity contribution in [3.63, 3.8) is 0 Å². The molecule has 0 bridgehead atoms. The van der Waals surface area contributed by atoms with Crippen molar-refractivity contribution < 1.29 is 19.1 Å². The maximum atomic E-state index is 13.7. The van der Waals surface area contributed by atoms with Gasteiger partial charge in [0.2, 0.25) is 6.79 Å². The van der Waals surface area contributed by atoms with E-state index in [1.54, 1.807) is 60.7 Å². The van der Waals surface area contributed by atoms with Crippen molar-refractivity contribution in [1.29, 1.82) is 5.26 Å². The van der Waals surface area contributed by atoms with E-state index < -0.39 is 0 Å². The van der Waals surface area contributed by atoms with Crippen LogP contribution in [-0.2, 0) is 6.54 Å². The van der Waals surface area contributed by atoms with E-state index in [0.29, 0.717) is 44.5 Å². The molecule has 0 unspecified atom stereocenters. The average Bonchev–Trinajstić information content (AvgIpc) is 3.42. The summed E-state index contributed by atoms with van der Waals surface area (Å²) in [5, 5.41) is 12.5. The van der Waals surface area contributed by atoms with Gasteiger partial charge in [-0.25, -0.2) is 0 Å². The number of carbonyl (C=O) groups excluding carboxylic acids is 2. The maximum Gasteiger partial charge on any atom is 0.255 e. The summed E-state index contributed by atoms with van der Waals surface area (Å²) in [6, 6.07) is 19.1. The molecule has 0 saturated heterocycles. The Balaban J connectivity index is 1.38. The predicted octanol–water partition coefficient (Wildman–Crippen LogP) is 5.10. The van der Waals surface area contributed by atoms with Gasteiger partial charge in [-0.15, -0.1) is 0 Å². The van der Waals surface area contributed by atoms with Crippen LogP contribution < -0.4 is 20.5 Å². The Labute approximate surface area is 225 Å². The van der Waals surface area contributed by atoms with Crippen LogP contribution in [0.25, 0.3) is 0 Å². The Morgan fingerprint density at radius 3 is 2.42 bits per heavy atom. The highest BCUT2D eigenvalue weighted by atomic mass is 35.5. The topological polar surface area (TPSA) is 118 Å². The van der Waals surface area contributed by atoms with Crippen molar-refractivity contribution in [3.8, 4) is 17.6 Å². The number of halogens is 1. The lowest BCUT2D eigenvalue weighted by atomic mass is 9.90. The fraction of sp³-hybridized carbons (Fsp3) is 0.276. The number of carbonyl (C=O) groups is 2. The van der Waals surface area contributed by atoms with Gasteiger partial charge in [0.1, 0.15) is 0 Å². The molecule has 194 valence electrons. The van der Waals surface area contributed by atoms with Crippen LogP contribution >= 0.6 is 11.6 Å². The van der Waals surface area contributed by atoms with E-state index in [4.69, 9.17) is 32.1 Å². The summed E-state index contributed by atoms with van der Waals surface area (Å²) in [4.78, 5) is 28.4. The van der Waals surface area contributed by atoms with Gasteiger partial charge in [-0.2, -0.15) is 5.26 Å². The molecule has 0 radical (unpaired) electrons. The highest BCUT2D eigenvalue weighted by molar-refractivity contribution is 6.31. The Bertz CT molecular complexity index is 1390. The molecule has 38 heavy (non-hydrogen) atoms. The van der Waals surface area contributed by atoms with Gasteiger partial charge in [-0.3, -0.25) is 9.59 Å². The smallest absolute Gasteiger partial charge is 0.255 e. The summed E-state index contributed by atoms with van der Waals surface area (Å²) in [6.45, 7) is 0.400. The Morgan fingerprint density at radius 1 is 0.974 bits per heavy atom. The molecular weight excluding hydrogens is 504 g/mol. The van der Waals surface area contributed by atoms with Crippen LogP contribution in [0.1, 0.15) is 57.5 Å². The molecule has 1 saturated carbocycles. The lowest BCUT2D eigenvalue weighted by Gasteiger charge is -2.36. The first kappa shape index (κ1) is 25.6. The van der Waals surface area contributed by atoms with Gasteiger partial charge in [0.05, 0.1) is 11.6 Å². The van der Waals surface area contributed by atoms with Crippen molar-refractivity contribution in [2.24, 2.45) is 5.73 Å². The number of rotatable bonds is 6. The Kier molecular flexibility index (Phi) is 7.50. The van der Waals surface area contributed by atoms with Gasteiger partial charge < -0.3 is 25.4 Å². The highest BCUT2D eigenvalue weighted by Gasteiger charge is 2.29. The van der Waals surface area contributed by atoms with Crippen molar-refractivity contribution in [3.05, 3.63) is 87.9 Å². The van der Waals surface area contributed by atoms with Crippen LogP contribution in [0.3, 0.4) is 0 Å². The summed E-state index contributed by atoms with van der Waals surface area (Å²) in [6.07, 6.45) is 3.26. The molecule has 2 amide bonds. The van der Waals surface area contributed by atoms with Gasteiger partial charge in [0.15, 0.2) is 11.5 Å². The van der Waals surface area contributed by atoms with E-state index in [1.165, 1.54) is 0 Å². The molecule has 9 heteroatoms. The third kappa shape index (κ3) is 5.59. The lowest BCUT2D eigenvalue weighted by molar-refractivity contribution is 0.0606. The van der Waals surface area contributed by atoms with Crippen molar-refractivity contribution in [2.45, 2.75) is 44.3 Å². The zero-order valence-electron chi connectivity index (χ0n) is 20.7. The number of hydrogen-bond acceptors (Lipinski definition) is 6. The number of hydrogen-bond donors (Lipinski definition) is 2. The third-order valence-corrected chi connectivity index (χ3v) is 7.35. The summed E-state index contributed by atoms with van der Waals surface area (Å²) in [5.74, 6) is 0.689. The minimum absolute atomic E-state index is 0.000824. The van der Waals surface area contributed by atoms with Gasteiger partial charge in [0, 0.05) is 40.5 Å². The van der Waals surface area contributed by atoms with Gasteiger partial charge in [-0.1, -0.05) is 11.6 Å². The van der Waals surface area contributed by atoms with Crippen LogP contribution in [0.4, 0.5) is 5.69 Å². The molecule has 8 nitrogen and oxygen atoms in total. The first-order valence-corrected chi connectivity index (χ1v) is 12.8. The summed E-state index contributed by atoms with van der Waals surface area (Å²) in [5.41, 5.74) is 8.83. The zero-order chi connectivity index (χ0) is 26.6. The second kappa shape index (κ2) is 11.1. The number of nitrogens with zero attached hydrogens (tertiary/aromatic N) is 2. The van der Waals surface area contributed by atoms with Crippen LogP contribution in [0.5, 0.6) is 11.5 Å². The molecule has 2 aliphatic rings. The molecule has 1 aliphatic heterocycles. The quantitative estimate of drug-likeness (QED) is 0.457. The van der Waals surface area contributed by atoms with Crippen LogP contribution in [0.2, 0.25) is 5.02 Å². The zero-order valence-corrected chi connectivity index (χ0v) is 21.4. The molecule has 0 atom stereocenters. The van der Waals surface area contributed by atoms with Crippen molar-refractivity contribution >= 4 is 29.1 Å². The van der Waals surface area contributed by atoms with E-state index in [0.717, 1.165) is 25.7 Å². The molecule has 0 aromatic heterocycles. The fourth-order valence-electron chi connectivity index (χ4n) is 4.83. The number of nitrogens with one attached hydrogen (secondary N) is 1. The van der Waals surface area contributed by atoms with Gasteiger partial charge in [0.25, 0.3) is 11.8 Å². The van der Waals surface area contributed by atoms with Crippen molar-refractivity contribution in [1.82, 2.24) is 4.90 Å². The normalized spacial score (nSPS) is 17.9. The highest BCUT2D eigenvalue weighted by Crippen LogP contribution is 2.33. The first-order chi connectivity index (χ1) is 18.4. The largest absolute Gasteiger partial charge is 0.454 e. The number of nitriles is 1. The van der Waals surface area contributed by atoms with E-state index >= 15 is 0 Å². The number of fused-ring (bicyclic) bond motifs is 1. The molecule has 1 aliphatic carbocycles. The first-order valence-electron chi connectivity index (χ1n) is 12.5. The molecule has 5 rings (SSSR count). The number of amides is 2. The average molecular weight is 531 g/mol. The van der Waals surface area contributed by atoms with Crippen LogP contribution in [0, 0.1) is 11.3 Å². The SMILES string of the molecule is N#Cc1ccc(C(=O)N(Cc2cc(NC(=O)c3ccc4c(c3)OCO4)ccc2Cl)C2CCC(N)CC2)cc1. The standard InChI is InChI=1S/C29H27ClN4O4/c30-25-11-8-23(33-28(35)20-5-12-26-27(14-20)38-17-37-26)13-21(25)16-34(24-9-6-22(32)7-10-24)29(36)19-3-1-18(15-31)2-4-19/h1-5,8,11-14,22,24H,6-7,9-10,16-17,32H2,(H,33,35). The minimum Gasteiger partial charge on any atom is -0.454 e. The molecular formula is C29H27ClN4O4. The monoisotopic (exact) mass is 530 g/mol. The van der Waals surface area contributed by atoms with Gasteiger partial charge in [-0.05, 0) is 91.9 Å². The second-order valence-electron chi connectivity index (χ2n) is 9.52. The van der Waals surface area contributed by atoms with E-state index in [1.807, 2.05) is 4.90 Å². The van der Waals surface area contributed by atoms with Gasteiger partial charge >= 0.3 is 0 Å². The molecule has 3 aromatic carbocycles. The molecule has 1 fully saturated rings. The second-order valence-corrected chi connectivity index (χ2v) is 9.93. The molecule has 1 heterocycles. The summed E-state index contributed by atoms with van der Waals surface area (Å²) >= 11 is 6.57. The van der Waals surface area contributed by atoms with Crippen LogP contribution in [0.15, 0.2) is 60.7 Å². The number of anilines is 1. The maximum absolute atomic E-state index is 13.7. The summed E-state index contributed by atoms with van der Waals surface area (Å²) in [7, 11) is 0. The lowest BCUT2D eigenvalue weighted by Crippen LogP contribution is -2.44. The van der Waals surface area contributed by atoms with Crippen molar-refractivity contribution in [2.75, 3.05) is 12.1 Å².